The normalized spacial score (nSPS) is 44.1. The van der Waals surface area contributed by atoms with Crippen LogP contribution in [-0.4, -0.2) is 88.3 Å². The number of ether oxygens (including phenoxy) is 1. The minimum absolute atomic E-state index is 0.0667. The summed E-state index contributed by atoms with van der Waals surface area (Å²) >= 11 is 0. The molecule has 8 unspecified atom stereocenters. The molecule has 0 aromatic carbocycles. The number of allylic oxidation sites excluding steroid dienone is 1. The van der Waals surface area contributed by atoms with Crippen LogP contribution in [-0.2, 0) is 13.8 Å². The smallest absolute Gasteiger partial charge is 0.161 e. The molecule has 3 bridgehead atoms. The third kappa shape index (κ3) is 4.21. The van der Waals surface area contributed by atoms with Gasteiger partial charge in [0.15, 0.2) is 6.23 Å². The molecule has 35 heavy (non-hydrogen) atoms. The standard InChI is InChI=1S/C22H32N5O7P/c1-13-14-5-8-21-6-3-2-4-7-22(13,19(14)25-11-21)27(12-24-9-16(23)26-21)20-18(29)17(28)15(34-20)10-33-35(30,31)32/h4,7,11-12,14-15,17-20,28-29H,1-3,5-6,8-10H2,(H2,23,26)(H2,30,31,32)/p-2/b7-4-,24-12?. The first kappa shape index (κ1) is 24.8. The van der Waals surface area contributed by atoms with E-state index in [1.807, 2.05) is 12.3 Å². The fourth-order valence-corrected chi connectivity index (χ4v) is 6.36. The van der Waals surface area contributed by atoms with Gasteiger partial charge in [-0.05, 0) is 37.7 Å². The third-order valence-corrected chi connectivity index (χ3v) is 8.24. The largest absolute Gasteiger partial charge is 0.790 e. The van der Waals surface area contributed by atoms with Gasteiger partial charge in [0.25, 0.3) is 0 Å². The van der Waals surface area contributed by atoms with Gasteiger partial charge in [-0.2, -0.15) is 0 Å². The molecular formula is C22H30N5O7P-2. The molecule has 0 spiro atoms. The fraction of sp³-hybridized carbons (Fsp3) is 0.682. The second-order valence-corrected chi connectivity index (χ2v) is 11.0. The van der Waals surface area contributed by atoms with Gasteiger partial charge in [-0.25, -0.2) is 0 Å². The van der Waals surface area contributed by atoms with Crippen molar-refractivity contribution in [2.45, 2.75) is 73.8 Å². The molecule has 4 aliphatic heterocycles. The van der Waals surface area contributed by atoms with Gasteiger partial charge in [0.05, 0.1) is 38.9 Å². The van der Waals surface area contributed by atoms with E-state index in [-0.39, 0.29) is 18.5 Å². The summed E-state index contributed by atoms with van der Waals surface area (Å²) in [6, 6.07) is -0.265. The molecule has 0 amide bonds. The number of aliphatic imine (C=N–C) groups is 3. The maximum Gasteiger partial charge on any atom is 0.161 e. The minimum atomic E-state index is -5.29. The van der Waals surface area contributed by atoms with Crippen LogP contribution in [0.15, 0.2) is 39.3 Å². The number of aliphatic hydroxyl groups excluding tert-OH is 2. The number of hydrogen-bond donors (Lipinski definition) is 3. The average molecular weight is 507 g/mol. The Kier molecular flexibility index (Phi) is 6.28. The van der Waals surface area contributed by atoms with Crippen LogP contribution in [0.5, 0.6) is 0 Å². The van der Waals surface area contributed by atoms with Crippen molar-refractivity contribution in [3.05, 3.63) is 24.3 Å². The Bertz CT molecular complexity index is 1040. The maximum atomic E-state index is 11.0. The highest BCUT2D eigenvalue weighted by Crippen LogP contribution is 2.55. The summed E-state index contributed by atoms with van der Waals surface area (Å²) in [5.41, 5.74) is 5.72. The lowest BCUT2D eigenvalue weighted by Gasteiger charge is -2.59. The van der Waals surface area contributed by atoms with Gasteiger partial charge in [-0.1, -0.05) is 18.7 Å². The summed E-state index contributed by atoms with van der Waals surface area (Å²) in [5, 5.41) is 21.5. The molecule has 12 nitrogen and oxygen atoms in total. The average Bonchev–Trinajstić information content (AvgIpc) is 2.95. The number of phosphoric acid groups is 1. The Labute approximate surface area is 203 Å². The number of amidine groups is 1. The summed E-state index contributed by atoms with van der Waals surface area (Å²) in [4.78, 5) is 37.9. The number of aliphatic hydroxyl groups is 2. The molecule has 1 saturated carbocycles. The second kappa shape index (κ2) is 8.88. The van der Waals surface area contributed by atoms with E-state index in [4.69, 9.17) is 20.5 Å². The molecule has 0 aromatic rings. The predicted octanol–water partition coefficient (Wildman–Crippen LogP) is -1.38. The van der Waals surface area contributed by atoms with Gasteiger partial charge in [0, 0.05) is 12.1 Å². The van der Waals surface area contributed by atoms with Crippen LogP contribution in [0.1, 0.15) is 32.1 Å². The van der Waals surface area contributed by atoms with E-state index in [0.717, 1.165) is 37.7 Å². The van der Waals surface area contributed by atoms with Crippen molar-refractivity contribution in [3.63, 3.8) is 0 Å². The molecule has 1 saturated heterocycles. The molecule has 4 N–H and O–H groups in total. The summed E-state index contributed by atoms with van der Waals surface area (Å²) < 4.78 is 21.2. The Balaban J connectivity index is 1.57. The van der Waals surface area contributed by atoms with E-state index in [1.54, 1.807) is 4.90 Å². The van der Waals surface area contributed by atoms with Gasteiger partial charge >= 0.3 is 0 Å². The van der Waals surface area contributed by atoms with Crippen molar-refractivity contribution in [1.82, 2.24) is 4.90 Å². The summed E-state index contributed by atoms with van der Waals surface area (Å²) in [6.07, 6.45) is 6.20. The molecule has 1 aliphatic carbocycles. The van der Waals surface area contributed by atoms with E-state index >= 15 is 0 Å². The zero-order valence-electron chi connectivity index (χ0n) is 19.2. The summed E-state index contributed by atoms with van der Waals surface area (Å²) in [5.74, 6) is 0.430. The van der Waals surface area contributed by atoms with Crippen molar-refractivity contribution < 1.29 is 33.8 Å². The van der Waals surface area contributed by atoms with Crippen LogP contribution in [0.4, 0.5) is 0 Å². The molecule has 0 aromatic heterocycles. The Morgan fingerprint density at radius 1 is 1.34 bits per heavy atom. The summed E-state index contributed by atoms with van der Waals surface area (Å²) in [6.45, 7) is 3.78. The molecule has 192 valence electrons. The monoisotopic (exact) mass is 507 g/mol. The molecule has 5 rings (SSSR count). The van der Waals surface area contributed by atoms with Crippen LogP contribution >= 0.6 is 7.82 Å². The molecular weight excluding hydrogens is 477 g/mol. The van der Waals surface area contributed by atoms with Crippen molar-refractivity contribution in [2.24, 2.45) is 26.6 Å². The topological polar surface area (TPSA) is 188 Å². The van der Waals surface area contributed by atoms with E-state index in [2.05, 4.69) is 22.2 Å². The number of nitrogens with two attached hydrogens (primary N) is 1. The zero-order chi connectivity index (χ0) is 25.0. The van der Waals surface area contributed by atoms with Crippen molar-refractivity contribution >= 4 is 26.2 Å². The molecule has 5 aliphatic rings. The highest BCUT2D eigenvalue weighted by atomic mass is 31.2. The minimum Gasteiger partial charge on any atom is -0.790 e. The number of hydrogen-bond acceptors (Lipinski definition) is 12. The van der Waals surface area contributed by atoms with Crippen LogP contribution in [0.25, 0.3) is 0 Å². The Morgan fingerprint density at radius 3 is 2.91 bits per heavy atom. The van der Waals surface area contributed by atoms with E-state index in [9.17, 15) is 24.6 Å². The number of phosphoric ester groups is 1. The molecule has 2 fully saturated rings. The van der Waals surface area contributed by atoms with Gasteiger partial charge in [0.2, 0.25) is 0 Å². The van der Waals surface area contributed by atoms with Crippen molar-refractivity contribution in [2.75, 3.05) is 13.2 Å². The predicted molar refractivity (Wildman–Crippen MR) is 124 cm³/mol. The second-order valence-electron chi connectivity index (χ2n) is 9.87. The van der Waals surface area contributed by atoms with E-state index in [1.165, 1.54) is 6.34 Å². The lowest BCUT2D eigenvalue weighted by Crippen LogP contribution is -2.70. The number of nitrogens with zero attached hydrogens (tertiary/aromatic N) is 4. The molecule has 0 radical (unpaired) electrons. The van der Waals surface area contributed by atoms with Gasteiger partial charge in [0.1, 0.15) is 29.7 Å². The first-order valence-electron chi connectivity index (χ1n) is 11.8. The van der Waals surface area contributed by atoms with Crippen LogP contribution in [0.2, 0.25) is 0 Å². The van der Waals surface area contributed by atoms with Crippen molar-refractivity contribution in [1.29, 1.82) is 0 Å². The highest BCUT2D eigenvalue weighted by Gasteiger charge is 2.63. The molecule has 4 heterocycles. The first-order valence-corrected chi connectivity index (χ1v) is 13.2. The first-order chi connectivity index (χ1) is 16.6. The Morgan fingerprint density at radius 2 is 2.14 bits per heavy atom. The van der Waals surface area contributed by atoms with E-state index < -0.39 is 50.0 Å². The Hall–Kier alpha value is -1.92. The lowest BCUT2D eigenvalue weighted by molar-refractivity contribution is -0.343. The fourth-order valence-electron chi connectivity index (χ4n) is 6.03. The van der Waals surface area contributed by atoms with E-state index in [0.29, 0.717) is 5.84 Å². The van der Waals surface area contributed by atoms with Crippen LogP contribution in [0, 0.1) is 5.92 Å². The number of rotatable bonds is 4. The molecule has 13 heteroatoms. The van der Waals surface area contributed by atoms with Gasteiger partial charge in [-0.3, -0.25) is 15.0 Å². The van der Waals surface area contributed by atoms with Crippen molar-refractivity contribution in [3.8, 4) is 0 Å². The van der Waals surface area contributed by atoms with Gasteiger partial charge in [-0.15, -0.1) is 0 Å². The molecule has 8 atom stereocenters. The quantitative estimate of drug-likeness (QED) is 0.304. The SMILES string of the molecule is C=C1C2CCC34C=NC2C1(/C=C\CCC3)N(C1OC(COP(=O)([O-])[O-])C(O)C1O)C=NCC(N)=N4. The van der Waals surface area contributed by atoms with Gasteiger partial charge < -0.3 is 44.5 Å². The highest BCUT2D eigenvalue weighted by molar-refractivity contribution is 7.43. The summed E-state index contributed by atoms with van der Waals surface area (Å²) in [7, 11) is -5.29. The third-order valence-electron chi connectivity index (χ3n) is 7.77. The van der Waals surface area contributed by atoms with Crippen LogP contribution in [0.3, 0.4) is 0 Å². The lowest BCUT2D eigenvalue weighted by atomic mass is 9.57. The van der Waals surface area contributed by atoms with Crippen LogP contribution < -0.4 is 15.5 Å². The maximum absolute atomic E-state index is 11.0. The zero-order valence-corrected chi connectivity index (χ0v) is 20.1.